The van der Waals surface area contributed by atoms with Gasteiger partial charge in [0.2, 0.25) is 5.91 Å². The van der Waals surface area contributed by atoms with Crippen LogP contribution in [-0.2, 0) is 4.79 Å². The van der Waals surface area contributed by atoms with E-state index in [0.717, 1.165) is 0 Å². The van der Waals surface area contributed by atoms with Gasteiger partial charge in [-0.1, -0.05) is 13.8 Å². The van der Waals surface area contributed by atoms with Gasteiger partial charge in [-0.15, -0.1) is 0 Å². The summed E-state index contributed by atoms with van der Waals surface area (Å²) in [4.78, 5) is 12.8. The number of nitriles is 1. The number of amides is 1. The predicted molar refractivity (Wildman–Crippen MR) is 47.3 cm³/mol. The number of hydrogen-bond acceptors (Lipinski definition) is 2. The van der Waals surface area contributed by atoms with Gasteiger partial charge in [-0.25, -0.2) is 0 Å². The molecule has 1 unspecified atom stereocenters. The van der Waals surface area contributed by atoms with Crippen LogP contribution in [0.25, 0.3) is 0 Å². The molecule has 0 bridgehead atoms. The number of carbonyl (C=O) groups excluding carboxylic acids is 1. The van der Waals surface area contributed by atoms with Crippen LogP contribution >= 0.6 is 0 Å². The van der Waals surface area contributed by atoms with Gasteiger partial charge >= 0.3 is 0 Å². The van der Waals surface area contributed by atoms with E-state index in [1.54, 1.807) is 14.0 Å². The molecule has 68 valence electrons. The Balaban J connectivity index is 4.03. The molecule has 0 aliphatic carbocycles. The average molecular weight is 168 g/mol. The summed E-state index contributed by atoms with van der Waals surface area (Å²) in [5.74, 6) is 0.393. The van der Waals surface area contributed by atoms with Gasteiger partial charge in [0.05, 0.1) is 6.07 Å². The zero-order valence-electron chi connectivity index (χ0n) is 8.16. The van der Waals surface area contributed by atoms with E-state index in [-0.39, 0.29) is 11.9 Å². The summed E-state index contributed by atoms with van der Waals surface area (Å²) in [5, 5.41) is 8.54. The summed E-state index contributed by atoms with van der Waals surface area (Å²) in [7, 11) is 1.67. The van der Waals surface area contributed by atoms with Gasteiger partial charge in [-0.2, -0.15) is 5.26 Å². The Morgan fingerprint density at radius 3 is 2.33 bits per heavy atom. The van der Waals surface area contributed by atoms with Gasteiger partial charge < -0.3 is 4.90 Å². The monoisotopic (exact) mass is 168 g/mol. The van der Waals surface area contributed by atoms with Crippen LogP contribution in [0.1, 0.15) is 27.2 Å². The lowest BCUT2D eigenvalue weighted by molar-refractivity contribution is -0.131. The maximum absolute atomic E-state index is 11.3. The van der Waals surface area contributed by atoms with Crippen molar-refractivity contribution >= 4 is 5.91 Å². The molecule has 0 saturated heterocycles. The van der Waals surface area contributed by atoms with Crippen molar-refractivity contribution in [2.75, 3.05) is 7.05 Å². The molecule has 0 spiro atoms. The maximum atomic E-state index is 11.3. The Morgan fingerprint density at radius 1 is 1.50 bits per heavy atom. The molecule has 0 aliphatic rings. The third-order valence-corrected chi connectivity index (χ3v) is 1.74. The van der Waals surface area contributed by atoms with E-state index in [1.165, 1.54) is 4.90 Å². The van der Waals surface area contributed by atoms with Crippen LogP contribution in [0.3, 0.4) is 0 Å². The van der Waals surface area contributed by atoms with Crippen molar-refractivity contribution in [1.29, 1.82) is 5.26 Å². The summed E-state index contributed by atoms with van der Waals surface area (Å²) in [6, 6.07) is 1.70. The quantitative estimate of drug-likeness (QED) is 0.639. The highest BCUT2D eigenvalue weighted by Gasteiger charge is 2.15. The van der Waals surface area contributed by atoms with Gasteiger partial charge in [-0.05, 0) is 12.8 Å². The lowest BCUT2D eigenvalue weighted by atomic mass is 10.1. The molecule has 0 fully saturated rings. The highest BCUT2D eigenvalue weighted by atomic mass is 16.2. The molecule has 0 heterocycles. The third-order valence-electron chi connectivity index (χ3n) is 1.74. The first-order valence-corrected chi connectivity index (χ1v) is 4.14. The second kappa shape index (κ2) is 4.76. The summed E-state index contributed by atoms with van der Waals surface area (Å²) < 4.78 is 0. The molecule has 3 heteroatoms. The molecular weight excluding hydrogens is 152 g/mol. The lowest BCUT2D eigenvalue weighted by Crippen LogP contribution is -2.34. The zero-order valence-corrected chi connectivity index (χ0v) is 8.16. The first-order valence-electron chi connectivity index (χ1n) is 4.14. The van der Waals surface area contributed by atoms with E-state index in [2.05, 4.69) is 0 Å². The molecule has 0 N–H and O–H groups in total. The molecule has 1 atom stereocenters. The molecule has 0 radical (unpaired) electrons. The number of hydrogen-bond donors (Lipinski definition) is 0. The standard InChI is InChI=1S/C9H16N2O/c1-7(2)5-9(12)11(4)8(3)6-10/h7-8H,5H2,1-4H3. The number of rotatable bonds is 3. The Kier molecular flexibility index (Phi) is 4.35. The number of nitrogens with zero attached hydrogens (tertiary/aromatic N) is 2. The first kappa shape index (κ1) is 11.0. The SMILES string of the molecule is CC(C)CC(=O)N(C)C(C)C#N. The van der Waals surface area contributed by atoms with E-state index < -0.39 is 0 Å². The highest BCUT2D eigenvalue weighted by molar-refractivity contribution is 5.76. The lowest BCUT2D eigenvalue weighted by Gasteiger charge is -2.20. The minimum Gasteiger partial charge on any atom is -0.330 e. The molecule has 0 aromatic rings. The zero-order chi connectivity index (χ0) is 9.72. The van der Waals surface area contributed by atoms with Crippen LogP contribution < -0.4 is 0 Å². The van der Waals surface area contributed by atoms with Crippen molar-refractivity contribution in [3.63, 3.8) is 0 Å². The summed E-state index contributed by atoms with van der Waals surface area (Å²) in [6.07, 6.45) is 0.516. The summed E-state index contributed by atoms with van der Waals surface area (Å²) >= 11 is 0. The normalized spacial score (nSPS) is 12.3. The van der Waals surface area contributed by atoms with Crippen molar-refractivity contribution in [3.8, 4) is 6.07 Å². The van der Waals surface area contributed by atoms with Gasteiger partial charge in [0, 0.05) is 13.5 Å². The van der Waals surface area contributed by atoms with Gasteiger partial charge in [0.1, 0.15) is 6.04 Å². The Morgan fingerprint density at radius 2 is 2.00 bits per heavy atom. The van der Waals surface area contributed by atoms with E-state index in [1.807, 2.05) is 19.9 Å². The van der Waals surface area contributed by atoms with Crippen LogP contribution in [0.5, 0.6) is 0 Å². The fourth-order valence-corrected chi connectivity index (χ4v) is 0.796. The summed E-state index contributed by atoms with van der Waals surface area (Å²) in [5.41, 5.74) is 0. The first-order chi connectivity index (χ1) is 5.49. The molecule has 1 amide bonds. The number of carbonyl (C=O) groups is 1. The molecule has 0 saturated carbocycles. The van der Waals surface area contributed by atoms with Crippen molar-refractivity contribution in [2.24, 2.45) is 5.92 Å². The van der Waals surface area contributed by atoms with E-state index in [4.69, 9.17) is 5.26 Å². The van der Waals surface area contributed by atoms with Crippen molar-refractivity contribution < 1.29 is 4.79 Å². The van der Waals surface area contributed by atoms with Gasteiger partial charge in [-0.3, -0.25) is 4.79 Å². The minimum absolute atomic E-state index is 0.0408. The van der Waals surface area contributed by atoms with Crippen LogP contribution in [0.4, 0.5) is 0 Å². The van der Waals surface area contributed by atoms with Crippen LogP contribution in [-0.4, -0.2) is 23.9 Å². The Labute approximate surface area is 74.0 Å². The van der Waals surface area contributed by atoms with Gasteiger partial charge in [0.15, 0.2) is 0 Å². The fraction of sp³-hybridized carbons (Fsp3) is 0.778. The maximum Gasteiger partial charge on any atom is 0.223 e. The summed E-state index contributed by atoms with van der Waals surface area (Å²) in [6.45, 7) is 5.70. The van der Waals surface area contributed by atoms with Crippen LogP contribution in [0, 0.1) is 17.2 Å². The molecular formula is C9H16N2O. The third kappa shape index (κ3) is 3.38. The predicted octanol–water partition coefficient (Wildman–Crippen LogP) is 1.40. The second-order valence-electron chi connectivity index (χ2n) is 3.41. The Bertz CT molecular complexity index is 193. The average Bonchev–Trinajstić information content (AvgIpc) is 2.00. The smallest absolute Gasteiger partial charge is 0.223 e. The molecule has 0 aliphatic heterocycles. The largest absolute Gasteiger partial charge is 0.330 e. The molecule has 0 aromatic heterocycles. The minimum atomic E-state index is -0.323. The van der Waals surface area contributed by atoms with Crippen molar-refractivity contribution in [2.45, 2.75) is 33.2 Å². The van der Waals surface area contributed by atoms with Crippen LogP contribution in [0.15, 0.2) is 0 Å². The van der Waals surface area contributed by atoms with Crippen LogP contribution in [0.2, 0.25) is 0 Å². The fourth-order valence-electron chi connectivity index (χ4n) is 0.796. The second-order valence-corrected chi connectivity index (χ2v) is 3.41. The molecule has 12 heavy (non-hydrogen) atoms. The van der Waals surface area contributed by atoms with E-state index in [0.29, 0.717) is 12.3 Å². The molecule has 0 aromatic carbocycles. The van der Waals surface area contributed by atoms with Gasteiger partial charge in [0.25, 0.3) is 0 Å². The van der Waals surface area contributed by atoms with E-state index in [9.17, 15) is 4.79 Å². The van der Waals surface area contributed by atoms with Crippen molar-refractivity contribution in [3.05, 3.63) is 0 Å². The highest BCUT2D eigenvalue weighted by Crippen LogP contribution is 2.04. The molecule has 3 nitrogen and oxygen atoms in total. The molecule has 0 rings (SSSR count). The van der Waals surface area contributed by atoms with Crippen molar-refractivity contribution in [1.82, 2.24) is 4.90 Å². The Hall–Kier alpha value is -1.04. The topological polar surface area (TPSA) is 44.1 Å². The van der Waals surface area contributed by atoms with E-state index >= 15 is 0 Å².